The molecule has 2 amide bonds. The van der Waals surface area contributed by atoms with Crippen LogP contribution in [0, 0.1) is 0 Å². The topological polar surface area (TPSA) is 99.3 Å². The van der Waals surface area contributed by atoms with Gasteiger partial charge in [0.1, 0.15) is 4.90 Å². The predicted molar refractivity (Wildman–Crippen MR) is 109 cm³/mol. The lowest BCUT2D eigenvalue weighted by Gasteiger charge is -2.22. The minimum Gasteiger partial charge on any atom is -0.355 e. The molecule has 0 saturated carbocycles. The summed E-state index contributed by atoms with van der Waals surface area (Å²) in [6.45, 7) is 4.98. The van der Waals surface area contributed by atoms with Gasteiger partial charge in [0.2, 0.25) is 5.91 Å². The molecule has 0 aliphatic carbocycles. The van der Waals surface area contributed by atoms with Crippen LogP contribution in [0.15, 0.2) is 23.1 Å². The van der Waals surface area contributed by atoms with E-state index in [0.717, 1.165) is 6.42 Å². The molecule has 1 N–H and O–H groups in total. The first-order valence-corrected chi connectivity index (χ1v) is 11.1. The highest BCUT2D eigenvalue weighted by molar-refractivity contribution is 7.89. The van der Waals surface area contributed by atoms with Gasteiger partial charge in [-0.15, -0.1) is 0 Å². The van der Waals surface area contributed by atoms with E-state index in [0.29, 0.717) is 43.7 Å². The molecule has 1 fully saturated rings. The van der Waals surface area contributed by atoms with Gasteiger partial charge in [-0.05, 0) is 31.5 Å². The lowest BCUT2D eigenvalue weighted by molar-refractivity contribution is -0.122. The van der Waals surface area contributed by atoms with E-state index in [2.05, 4.69) is 5.32 Å². The smallest absolute Gasteiger partial charge is 0.266 e. The molecule has 0 spiro atoms. The summed E-state index contributed by atoms with van der Waals surface area (Å²) < 4.78 is 25.8. The summed E-state index contributed by atoms with van der Waals surface area (Å²) in [4.78, 5) is 33.0. The van der Waals surface area contributed by atoms with Crippen LogP contribution in [0.5, 0.6) is 0 Å². The summed E-state index contributed by atoms with van der Waals surface area (Å²) in [5, 5.41) is 2.78. The molecule has 0 aromatic heterocycles. The van der Waals surface area contributed by atoms with E-state index < -0.39 is 10.0 Å². The van der Waals surface area contributed by atoms with Crippen LogP contribution in [0.2, 0.25) is 5.02 Å². The fourth-order valence-electron chi connectivity index (χ4n) is 3.04. The Bertz CT molecular complexity index is 849. The number of hydroxylamine groups is 1. The Morgan fingerprint density at radius 3 is 2.62 bits per heavy atom. The van der Waals surface area contributed by atoms with Gasteiger partial charge in [0.15, 0.2) is 0 Å². The molecule has 0 bridgehead atoms. The standard InChI is InChI=1S/C18H27ClN4O5S/c1-4-20-17(24)13-22-8-5-9-23(11-10-22)18(25)14-6-7-15(19)16(12-14)29(26,27)21(2)28-3/h6-7,12H,4-5,8-11,13H2,1-3H3,(H,20,24). The third-order valence-corrected chi connectivity index (χ3v) is 6.83. The SMILES string of the molecule is CCNC(=O)CN1CCCN(C(=O)c2ccc(Cl)c(S(=O)(=O)N(C)OC)c2)CC1. The Labute approximate surface area is 176 Å². The third kappa shape index (κ3) is 5.89. The van der Waals surface area contributed by atoms with Gasteiger partial charge in [-0.1, -0.05) is 16.1 Å². The van der Waals surface area contributed by atoms with E-state index in [4.69, 9.17) is 16.4 Å². The van der Waals surface area contributed by atoms with E-state index in [1.165, 1.54) is 32.4 Å². The van der Waals surface area contributed by atoms with Crippen LogP contribution in [0.3, 0.4) is 0 Å². The van der Waals surface area contributed by atoms with Crippen LogP contribution < -0.4 is 5.32 Å². The van der Waals surface area contributed by atoms with Gasteiger partial charge in [-0.3, -0.25) is 19.3 Å². The number of rotatable bonds is 7. The summed E-state index contributed by atoms with van der Waals surface area (Å²) in [6.07, 6.45) is 0.719. The van der Waals surface area contributed by atoms with E-state index >= 15 is 0 Å². The second-order valence-corrected chi connectivity index (χ2v) is 8.93. The number of likely N-dealkylation sites (N-methyl/N-ethyl adjacent to an activating group) is 1. The summed E-state index contributed by atoms with van der Waals surface area (Å²) in [7, 11) is -1.51. The Balaban J connectivity index is 2.14. The Hall–Kier alpha value is -1.72. The summed E-state index contributed by atoms with van der Waals surface area (Å²) in [5.41, 5.74) is 0.231. The minimum atomic E-state index is -3.99. The molecule has 1 aliphatic heterocycles. The van der Waals surface area contributed by atoms with Crippen LogP contribution in [0.4, 0.5) is 0 Å². The van der Waals surface area contributed by atoms with Crippen molar-refractivity contribution in [1.29, 1.82) is 0 Å². The quantitative estimate of drug-likeness (QED) is 0.622. The third-order valence-electron chi connectivity index (χ3n) is 4.67. The van der Waals surface area contributed by atoms with Gasteiger partial charge in [-0.2, -0.15) is 0 Å². The maximum absolute atomic E-state index is 13.0. The van der Waals surface area contributed by atoms with E-state index in [1.54, 1.807) is 4.90 Å². The van der Waals surface area contributed by atoms with Crippen LogP contribution in [0.25, 0.3) is 0 Å². The lowest BCUT2D eigenvalue weighted by Crippen LogP contribution is -2.40. The van der Waals surface area contributed by atoms with E-state index in [1.807, 2.05) is 11.8 Å². The number of carbonyl (C=O) groups is 2. The first-order chi connectivity index (χ1) is 13.7. The number of halogens is 1. The van der Waals surface area contributed by atoms with Gasteiger partial charge < -0.3 is 10.2 Å². The largest absolute Gasteiger partial charge is 0.355 e. The van der Waals surface area contributed by atoms with Crippen molar-refractivity contribution in [3.63, 3.8) is 0 Å². The van der Waals surface area contributed by atoms with Crippen LogP contribution in [-0.4, -0.2) is 87.9 Å². The van der Waals surface area contributed by atoms with Gasteiger partial charge in [0.05, 0.1) is 18.7 Å². The lowest BCUT2D eigenvalue weighted by atomic mass is 10.2. The highest BCUT2D eigenvalue weighted by Gasteiger charge is 2.27. The number of nitrogens with one attached hydrogen (secondary N) is 1. The summed E-state index contributed by atoms with van der Waals surface area (Å²) in [6, 6.07) is 4.17. The number of hydrogen-bond acceptors (Lipinski definition) is 6. The summed E-state index contributed by atoms with van der Waals surface area (Å²) >= 11 is 6.06. The van der Waals surface area contributed by atoms with Crippen molar-refractivity contribution in [3.8, 4) is 0 Å². The van der Waals surface area contributed by atoms with Crippen molar-refractivity contribution in [3.05, 3.63) is 28.8 Å². The normalized spacial score (nSPS) is 16.0. The first-order valence-electron chi connectivity index (χ1n) is 9.31. The maximum atomic E-state index is 13.0. The molecule has 0 radical (unpaired) electrons. The second-order valence-electron chi connectivity index (χ2n) is 6.62. The zero-order valence-corrected chi connectivity index (χ0v) is 18.4. The number of benzene rings is 1. The Morgan fingerprint density at radius 1 is 1.24 bits per heavy atom. The molecule has 162 valence electrons. The number of amides is 2. The van der Waals surface area contributed by atoms with Crippen molar-refractivity contribution >= 4 is 33.4 Å². The highest BCUT2D eigenvalue weighted by Crippen LogP contribution is 2.26. The average molecular weight is 447 g/mol. The molecular weight excluding hydrogens is 420 g/mol. The maximum Gasteiger partial charge on any atom is 0.266 e. The zero-order valence-electron chi connectivity index (χ0n) is 16.9. The van der Waals surface area contributed by atoms with Crippen molar-refractivity contribution in [2.24, 2.45) is 0 Å². The molecule has 1 saturated heterocycles. The van der Waals surface area contributed by atoms with Gasteiger partial charge in [-0.25, -0.2) is 8.42 Å². The average Bonchev–Trinajstić information content (AvgIpc) is 2.92. The van der Waals surface area contributed by atoms with Gasteiger partial charge in [0.25, 0.3) is 15.9 Å². The molecule has 2 rings (SSSR count). The predicted octanol–water partition coefficient (Wildman–Crippen LogP) is 0.806. The number of carbonyl (C=O) groups excluding carboxylic acids is 2. The fourth-order valence-corrected chi connectivity index (χ4v) is 4.52. The van der Waals surface area contributed by atoms with Crippen molar-refractivity contribution in [1.82, 2.24) is 19.6 Å². The van der Waals surface area contributed by atoms with Crippen LogP contribution in [-0.2, 0) is 19.7 Å². The second kappa shape index (κ2) is 10.4. The van der Waals surface area contributed by atoms with Gasteiger partial charge >= 0.3 is 0 Å². The summed E-state index contributed by atoms with van der Waals surface area (Å²) in [5.74, 6) is -0.319. The van der Waals surface area contributed by atoms with E-state index in [-0.39, 0.29) is 27.3 Å². The van der Waals surface area contributed by atoms with Crippen LogP contribution >= 0.6 is 11.6 Å². The molecule has 29 heavy (non-hydrogen) atoms. The molecule has 0 unspecified atom stereocenters. The fraction of sp³-hybridized carbons (Fsp3) is 0.556. The van der Waals surface area contributed by atoms with Crippen molar-refractivity contribution < 1.29 is 22.8 Å². The molecule has 1 aliphatic rings. The molecular formula is C18H27ClN4O5S. The van der Waals surface area contributed by atoms with E-state index in [9.17, 15) is 18.0 Å². The molecule has 0 atom stereocenters. The molecule has 11 heteroatoms. The minimum absolute atomic E-state index is 0.00873. The monoisotopic (exact) mass is 446 g/mol. The number of sulfonamides is 1. The highest BCUT2D eigenvalue weighted by atomic mass is 35.5. The number of hydrogen-bond donors (Lipinski definition) is 1. The van der Waals surface area contributed by atoms with Crippen LogP contribution in [0.1, 0.15) is 23.7 Å². The Morgan fingerprint density at radius 2 is 1.97 bits per heavy atom. The molecule has 1 aromatic carbocycles. The van der Waals surface area contributed by atoms with Gasteiger partial charge in [0, 0.05) is 45.3 Å². The first kappa shape index (κ1) is 23.6. The number of nitrogens with zero attached hydrogens (tertiary/aromatic N) is 3. The molecule has 1 aromatic rings. The molecule has 9 nitrogen and oxygen atoms in total. The zero-order chi connectivity index (χ0) is 21.6. The van der Waals surface area contributed by atoms with Crippen molar-refractivity contribution in [2.75, 3.05) is 53.4 Å². The molecule has 1 heterocycles. The Kier molecular flexibility index (Phi) is 8.41. The van der Waals surface area contributed by atoms with Crippen molar-refractivity contribution in [2.45, 2.75) is 18.2 Å².